The lowest BCUT2D eigenvalue weighted by molar-refractivity contribution is -0.127. The molecule has 0 aliphatic carbocycles. The van der Waals surface area contributed by atoms with E-state index in [1.165, 1.54) is 0 Å². The second-order valence-corrected chi connectivity index (χ2v) is 6.17. The van der Waals surface area contributed by atoms with E-state index in [0.717, 1.165) is 35.3 Å². The first-order valence-corrected chi connectivity index (χ1v) is 8.56. The molecule has 1 heterocycles. The van der Waals surface area contributed by atoms with E-state index < -0.39 is 6.10 Å². The number of nitrogens with zero attached hydrogens (tertiary/aromatic N) is 1. The van der Waals surface area contributed by atoms with E-state index in [2.05, 4.69) is 15.3 Å². The number of H-pyrrole nitrogens is 1. The van der Waals surface area contributed by atoms with E-state index >= 15 is 0 Å². The van der Waals surface area contributed by atoms with Crippen LogP contribution < -0.4 is 10.1 Å². The number of hydrogen-bond donors (Lipinski definition) is 2. The lowest BCUT2D eigenvalue weighted by atomic mass is 10.2. The Morgan fingerprint density at radius 3 is 2.72 bits per heavy atom. The van der Waals surface area contributed by atoms with Crippen LogP contribution in [0.3, 0.4) is 0 Å². The quantitative estimate of drug-likeness (QED) is 0.650. The number of carbonyl (C=O) groups is 1. The second kappa shape index (κ2) is 7.83. The molecule has 0 saturated carbocycles. The van der Waals surface area contributed by atoms with E-state index in [1.807, 2.05) is 55.5 Å². The monoisotopic (exact) mass is 337 g/mol. The Bertz CT molecular complexity index is 807. The molecule has 25 heavy (non-hydrogen) atoms. The molecule has 5 nitrogen and oxygen atoms in total. The van der Waals surface area contributed by atoms with Gasteiger partial charge in [0.15, 0.2) is 6.10 Å². The molecule has 130 valence electrons. The van der Waals surface area contributed by atoms with Crippen LogP contribution >= 0.6 is 0 Å². The Hall–Kier alpha value is -2.82. The standard InChI is InChI=1S/C20H23N3O2/c1-14-9-11-16(12-10-14)25-15(2)20(24)21-13-5-8-19-22-17-6-3-4-7-18(17)23-19/h3-4,6-7,9-12,15H,5,8,13H2,1-2H3,(H,21,24)(H,22,23). The molecule has 2 aromatic carbocycles. The van der Waals surface area contributed by atoms with Gasteiger partial charge in [0.1, 0.15) is 11.6 Å². The maximum Gasteiger partial charge on any atom is 0.260 e. The molecule has 1 unspecified atom stereocenters. The molecule has 0 radical (unpaired) electrons. The van der Waals surface area contributed by atoms with Crippen molar-refractivity contribution in [2.45, 2.75) is 32.8 Å². The number of benzene rings is 2. The van der Waals surface area contributed by atoms with Gasteiger partial charge in [0, 0.05) is 13.0 Å². The van der Waals surface area contributed by atoms with Gasteiger partial charge in [-0.05, 0) is 44.5 Å². The number of carbonyl (C=O) groups excluding carboxylic acids is 1. The topological polar surface area (TPSA) is 67.0 Å². The number of aryl methyl sites for hydroxylation is 2. The molecule has 3 aromatic rings. The largest absolute Gasteiger partial charge is 0.481 e. The van der Waals surface area contributed by atoms with Crippen molar-refractivity contribution in [3.05, 3.63) is 59.9 Å². The summed E-state index contributed by atoms with van der Waals surface area (Å²) in [7, 11) is 0. The first kappa shape index (κ1) is 17.0. The van der Waals surface area contributed by atoms with E-state index in [1.54, 1.807) is 6.92 Å². The number of amides is 1. The number of nitrogens with one attached hydrogen (secondary N) is 2. The first-order chi connectivity index (χ1) is 12.1. The third-order valence-corrected chi connectivity index (χ3v) is 4.03. The lowest BCUT2D eigenvalue weighted by Crippen LogP contribution is -2.36. The molecule has 1 atom stereocenters. The van der Waals surface area contributed by atoms with Gasteiger partial charge in [-0.1, -0.05) is 29.8 Å². The average Bonchev–Trinajstić information content (AvgIpc) is 3.03. The van der Waals surface area contributed by atoms with Crippen LogP contribution in [0.4, 0.5) is 0 Å². The summed E-state index contributed by atoms with van der Waals surface area (Å²) in [5.41, 5.74) is 3.18. The van der Waals surface area contributed by atoms with E-state index in [0.29, 0.717) is 12.3 Å². The SMILES string of the molecule is Cc1ccc(OC(C)C(=O)NCCCc2nc3ccccc3[nH]2)cc1. The third-order valence-electron chi connectivity index (χ3n) is 4.03. The Morgan fingerprint density at radius 2 is 1.96 bits per heavy atom. The smallest absolute Gasteiger partial charge is 0.260 e. The van der Waals surface area contributed by atoms with Gasteiger partial charge in [0.05, 0.1) is 11.0 Å². The van der Waals surface area contributed by atoms with Gasteiger partial charge < -0.3 is 15.0 Å². The summed E-state index contributed by atoms with van der Waals surface area (Å²) in [6.07, 6.45) is 1.10. The number of aromatic amines is 1. The minimum atomic E-state index is -0.520. The predicted molar refractivity (Wildman–Crippen MR) is 98.7 cm³/mol. The average molecular weight is 337 g/mol. The van der Waals surface area contributed by atoms with Crippen LogP contribution in [0.2, 0.25) is 0 Å². The highest BCUT2D eigenvalue weighted by Crippen LogP contribution is 2.13. The Labute approximate surface area is 147 Å². The van der Waals surface area contributed by atoms with Crippen molar-refractivity contribution < 1.29 is 9.53 Å². The van der Waals surface area contributed by atoms with Crippen molar-refractivity contribution in [2.75, 3.05) is 6.54 Å². The zero-order valence-electron chi connectivity index (χ0n) is 14.6. The molecule has 0 spiro atoms. The fourth-order valence-electron chi connectivity index (χ4n) is 2.61. The molecule has 0 fully saturated rings. The number of ether oxygens (including phenoxy) is 1. The molecule has 2 N–H and O–H groups in total. The summed E-state index contributed by atoms with van der Waals surface area (Å²) >= 11 is 0. The number of rotatable bonds is 7. The summed E-state index contributed by atoms with van der Waals surface area (Å²) in [6.45, 7) is 4.37. The van der Waals surface area contributed by atoms with Crippen molar-refractivity contribution in [2.24, 2.45) is 0 Å². The zero-order chi connectivity index (χ0) is 17.6. The maximum absolute atomic E-state index is 12.1. The second-order valence-electron chi connectivity index (χ2n) is 6.17. The fourth-order valence-corrected chi connectivity index (χ4v) is 2.61. The number of aromatic nitrogens is 2. The Kier molecular flexibility index (Phi) is 5.33. The lowest BCUT2D eigenvalue weighted by Gasteiger charge is -2.14. The first-order valence-electron chi connectivity index (χ1n) is 8.56. The predicted octanol–water partition coefficient (Wildman–Crippen LogP) is 3.39. The highest BCUT2D eigenvalue weighted by atomic mass is 16.5. The third kappa shape index (κ3) is 4.59. The van der Waals surface area contributed by atoms with Crippen LogP contribution in [0.15, 0.2) is 48.5 Å². The van der Waals surface area contributed by atoms with Crippen LogP contribution in [0.1, 0.15) is 24.7 Å². The number of fused-ring (bicyclic) bond motifs is 1. The van der Waals surface area contributed by atoms with Crippen molar-refractivity contribution in [1.29, 1.82) is 0 Å². The Morgan fingerprint density at radius 1 is 1.20 bits per heavy atom. The van der Waals surface area contributed by atoms with E-state index in [4.69, 9.17) is 4.74 Å². The molecule has 0 bridgehead atoms. The zero-order valence-corrected chi connectivity index (χ0v) is 14.6. The van der Waals surface area contributed by atoms with Gasteiger partial charge in [0.2, 0.25) is 0 Å². The summed E-state index contributed by atoms with van der Waals surface area (Å²) in [4.78, 5) is 19.9. The Balaban J connectivity index is 1.41. The normalized spacial score (nSPS) is 12.1. The number of imidazole rings is 1. The van der Waals surface area contributed by atoms with Crippen LogP contribution in [-0.4, -0.2) is 28.5 Å². The van der Waals surface area contributed by atoms with Crippen molar-refractivity contribution >= 4 is 16.9 Å². The number of hydrogen-bond acceptors (Lipinski definition) is 3. The molecular weight excluding hydrogens is 314 g/mol. The molecule has 5 heteroatoms. The van der Waals surface area contributed by atoms with Gasteiger partial charge >= 0.3 is 0 Å². The molecular formula is C20H23N3O2. The molecule has 0 aliphatic heterocycles. The molecule has 1 amide bonds. The van der Waals surface area contributed by atoms with Gasteiger partial charge in [0.25, 0.3) is 5.91 Å². The molecule has 1 aromatic heterocycles. The van der Waals surface area contributed by atoms with Gasteiger partial charge in [-0.2, -0.15) is 0 Å². The number of para-hydroxylation sites is 2. The molecule has 0 saturated heterocycles. The van der Waals surface area contributed by atoms with Crippen LogP contribution in [0.5, 0.6) is 5.75 Å². The molecule has 3 rings (SSSR count). The minimum absolute atomic E-state index is 0.106. The highest BCUT2D eigenvalue weighted by Gasteiger charge is 2.14. The van der Waals surface area contributed by atoms with Crippen LogP contribution in [0.25, 0.3) is 11.0 Å². The van der Waals surface area contributed by atoms with Crippen LogP contribution in [-0.2, 0) is 11.2 Å². The van der Waals surface area contributed by atoms with Gasteiger partial charge in [-0.3, -0.25) is 4.79 Å². The van der Waals surface area contributed by atoms with Crippen molar-refractivity contribution in [1.82, 2.24) is 15.3 Å². The van der Waals surface area contributed by atoms with Crippen LogP contribution in [0, 0.1) is 6.92 Å². The summed E-state index contributed by atoms with van der Waals surface area (Å²) in [5, 5.41) is 2.91. The van der Waals surface area contributed by atoms with E-state index in [9.17, 15) is 4.79 Å². The molecule has 0 aliphatic rings. The van der Waals surface area contributed by atoms with Crippen molar-refractivity contribution in [3.63, 3.8) is 0 Å². The van der Waals surface area contributed by atoms with E-state index in [-0.39, 0.29) is 5.91 Å². The highest BCUT2D eigenvalue weighted by molar-refractivity contribution is 5.80. The summed E-state index contributed by atoms with van der Waals surface area (Å²) < 4.78 is 5.66. The van der Waals surface area contributed by atoms with Gasteiger partial charge in [-0.15, -0.1) is 0 Å². The fraction of sp³-hybridized carbons (Fsp3) is 0.300. The van der Waals surface area contributed by atoms with Crippen molar-refractivity contribution in [3.8, 4) is 5.75 Å². The maximum atomic E-state index is 12.1. The summed E-state index contributed by atoms with van der Waals surface area (Å²) in [5.74, 6) is 1.54. The summed E-state index contributed by atoms with van der Waals surface area (Å²) in [6, 6.07) is 15.6. The van der Waals surface area contributed by atoms with Gasteiger partial charge in [-0.25, -0.2) is 4.98 Å². The minimum Gasteiger partial charge on any atom is -0.481 e.